The molecule has 12 nitrogen and oxygen atoms in total. The number of methoxy groups -OCH3 is 3. The van der Waals surface area contributed by atoms with Crippen molar-refractivity contribution in [2.75, 3.05) is 26.1 Å². The summed E-state index contributed by atoms with van der Waals surface area (Å²) in [4.78, 5) is 12.8. The molecule has 1 N–H and O–H groups in total. The third kappa shape index (κ3) is 6.47. The van der Waals surface area contributed by atoms with Gasteiger partial charge in [0.15, 0.2) is 5.82 Å². The first kappa shape index (κ1) is 30.3. The maximum absolute atomic E-state index is 13.7. The average molecular weight is 570 g/mol. The van der Waals surface area contributed by atoms with Crippen molar-refractivity contribution in [1.29, 1.82) is 0 Å². The average Bonchev–Trinajstić information content (AvgIpc) is 3.33. The summed E-state index contributed by atoms with van der Waals surface area (Å²) in [5, 5.41) is 7.56. The van der Waals surface area contributed by atoms with E-state index in [9.17, 15) is 8.42 Å². The molecule has 0 spiro atoms. The number of allylic oxidation sites excluding steroid dienone is 1. The molecule has 2 aromatic heterocycles. The van der Waals surface area contributed by atoms with Gasteiger partial charge in [-0.2, -0.15) is 0 Å². The molecule has 214 valence electrons. The van der Waals surface area contributed by atoms with Crippen molar-refractivity contribution < 1.29 is 22.6 Å². The molecular formula is C27H35N7O5S. The number of anilines is 1. The summed E-state index contributed by atoms with van der Waals surface area (Å²) in [5.74, 6) is 1.01. The van der Waals surface area contributed by atoms with Gasteiger partial charge in [-0.25, -0.2) is 23.4 Å². The van der Waals surface area contributed by atoms with Crippen LogP contribution in [0.15, 0.2) is 52.1 Å². The van der Waals surface area contributed by atoms with E-state index in [0.717, 1.165) is 11.1 Å². The van der Waals surface area contributed by atoms with Gasteiger partial charge >= 0.3 is 0 Å². The van der Waals surface area contributed by atoms with E-state index in [1.54, 1.807) is 50.4 Å². The van der Waals surface area contributed by atoms with Crippen molar-refractivity contribution in [3.05, 3.63) is 47.7 Å². The van der Waals surface area contributed by atoms with E-state index >= 15 is 0 Å². The minimum Gasteiger partial charge on any atom is -0.494 e. The Hall–Kier alpha value is -4.26. The van der Waals surface area contributed by atoms with Crippen LogP contribution in [0.4, 0.5) is 5.95 Å². The Morgan fingerprint density at radius 1 is 1.07 bits per heavy atom. The summed E-state index contributed by atoms with van der Waals surface area (Å²) in [7, 11) is 0.453. The zero-order valence-electron chi connectivity index (χ0n) is 24.0. The summed E-state index contributed by atoms with van der Waals surface area (Å²) in [6.45, 7) is 12.5. The topological polar surface area (TPSA) is 142 Å². The van der Waals surface area contributed by atoms with Crippen LogP contribution in [0, 0.1) is 12.8 Å². The van der Waals surface area contributed by atoms with Gasteiger partial charge in [0.25, 0.3) is 0 Å². The minimum atomic E-state index is -4.06. The molecule has 0 aliphatic heterocycles. The number of hydrogen-bond donors (Lipinski definition) is 1. The number of pyridine rings is 1. The van der Waals surface area contributed by atoms with E-state index in [0.29, 0.717) is 34.6 Å². The number of benzene rings is 1. The van der Waals surface area contributed by atoms with Crippen LogP contribution in [0.2, 0.25) is 0 Å². The van der Waals surface area contributed by atoms with Crippen LogP contribution >= 0.6 is 0 Å². The first-order valence-corrected chi connectivity index (χ1v) is 13.9. The summed E-state index contributed by atoms with van der Waals surface area (Å²) < 4.78 is 48.0. The highest BCUT2D eigenvalue weighted by atomic mass is 32.2. The van der Waals surface area contributed by atoms with Crippen LogP contribution < -0.4 is 18.9 Å². The molecule has 0 unspecified atom stereocenters. The van der Waals surface area contributed by atoms with Crippen LogP contribution in [0.3, 0.4) is 0 Å². The molecule has 3 rings (SSSR count). The second-order valence-corrected chi connectivity index (χ2v) is 11.3. The number of amidine groups is 1. The Kier molecular flexibility index (Phi) is 9.64. The molecule has 0 aliphatic rings. The van der Waals surface area contributed by atoms with Crippen LogP contribution in [0.1, 0.15) is 33.3 Å². The van der Waals surface area contributed by atoms with Crippen LogP contribution in [0.5, 0.6) is 17.4 Å². The number of nitrogens with one attached hydrogen (secondary N) is 1. The second-order valence-electron chi connectivity index (χ2n) is 9.26. The van der Waals surface area contributed by atoms with Gasteiger partial charge in [-0.1, -0.05) is 18.6 Å². The van der Waals surface area contributed by atoms with Gasteiger partial charge in [-0.15, -0.1) is 10.2 Å². The van der Waals surface area contributed by atoms with E-state index in [4.69, 9.17) is 14.2 Å². The highest BCUT2D eigenvalue weighted by Crippen LogP contribution is 2.38. The number of aliphatic imine (C=N–C) groups is 2. The second kappa shape index (κ2) is 12.7. The van der Waals surface area contributed by atoms with E-state index in [1.807, 2.05) is 20.8 Å². The molecule has 2 atom stereocenters. The van der Waals surface area contributed by atoms with Gasteiger partial charge < -0.3 is 14.2 Å². The molecule has 0 fully saturated rings. The van der Waals surface area contributed by atoms with Gasteiger partial charge in [0.1, 0.15) is 28.7 Å². The molecule has 0 saturated carbocycles. The van der Waals surface area contributed by atoms with Gasteiger partial charge in [-0.3, -0.25) is 9.29 Å². The SMILES string of the molecule is C=NC(=NC=C(C)C)[C@@H](C)[C@H](C)S(=O)(=O)Nc1nnc(-c2cc(C)cc(OC)n2)n1-c1c(OC)cccc1OC. The predicted octanol–water partition coefficient (Wildman–Crippen LogP) is 4.45. The first-order chi connectivity index (χ1) is 19.0. The molecule has 0 aliphatic carbocycles. The predicted molar refractivity (Wildman–Crippen MR) is 157 cm³/mol. The lowest BCUT2D eigenvalue weighted by Gasteiger charge is -2.21. The van der Waals surface area contributed by atoms with Crippen molar-refractivity contribution in [2.45, 2.75) is 39.9 Å². The number of sulfonamides is 1. The van der Waals surface area contributed by atoms with Crippen molar-refractivity contribution >= 4 is 28.5 Å². The lowest BCUT2D eigenvalue weighted by atomic mass is 10.1. The van der Waals surface area contributed by atoms with Crippen molar-refractivity contribution in [3.63, 3.8) is 0 Å². The summed E-state index contributed by atoms with van der Waals surface area (Å²) in [5.41, 5.74) is 2.57. The summed E-state index contributed by atoms with van der Waals surface area (Å²) in [6.07, 6.45) is 1.62. The fourth-order valence-electron chi connectivity index (χ4n) is 3.83. The number of ether oxygens (including phenoxy) is 3. The Bertz CT molecular complexity index is 1520. The fourth-order valence-corrected chi connectivity index (χ4v) is 5.06. The van der Waals surface area contributed by atoms with E-state index in [2.05, 4.69) is 36.6 Å². The van der Waals surface area contributed by atoms with Crippen molar-refractivity contribution in [2.24, 2.45) is 15.9 Å². The Morgan fingerprint density at radius 2 is 1.73 bits per heavy atom. The third-order valence-corrected chi connectivity index (χ3v) is 7.98. The van der Waals surface area contributed by atoms with Crippen molar-refractivity contribution in [3.8, 4) is 34.6 Å². The number of para-hydroxylation sites is 1. The molecule has 13 heteroatoms. The number of aryl methyl sites for hydroxylation is 1. The zero-order chi connectivity index (χ0) is 29.6. The largest absolute Gasteiger partial charge is 0.494 e. The quantitative estimate of drug-likeness (QED) is 0.264. The van der Waals surface area contributed by atoms with Crippen molar-refractivity contribution in [1.82, 2.24) is 19.7 Å². The van der Waals surface area contributed by atoms with E-state index in [-0.39, 0.29) is 11.8 Å². The lowest BCUT2D eigenvalue weighted by Crippen LogP contribution is -2.35. The molecule has 0 bridgehead atoms. The summed E-state index contributed by atoms with van der Waals surface area (Å²) in [6, 6.07) is 8.74. The third-order valence-electron chi connectivity index (χ3n) is 6.12. The Morgan fingerprint density at radius 3 is 2.27 bits per heavy atom. The summed E-state index contributed by atoms with van der Waals surface area (Å²) >= 11 is 0. The molecule has 0 radical (unpaired) electrons. The highest BCUT2D eigenvalue weighted by Gasteiger charge is 2.33. The molecule has 40 heavy (non-hydrogen) atoms. The van der Waals surface area contributed by atoms with E-state index in [1.165, 1.54) is 25.9 Å². The maximum atomic E-state index is 13.7. The smallest absolute Gasteiger partial charge is 0.243 e. The van der Waals surface area contributed by atoms with Gasteiger partial charge in [0.05, 0.1) is 26.6 Å². The fraction of sp³-hybridized carbons (Fsp3) is 0.370. The number of rotatable bonds is 11. The van der Waals surface area contributed by atoms with Crippen LogP contribution in [0.25, 0.3) is 17.2 Å². The molecule has 1 aromatic carbocycles. The van der Waals surface area contributed by atoms with E-state index < -0.39 is 21.2 Å². The Labute approximate surface area is 234 Å². The first-order valence-electron chi connectivity index (χ1n) is 12.4. The molecule has 2 heterocycles. The number of aromatic nitrogens is 4. The van der Waals surface area contributed by atoms with Gasteiger partial charge in [-0.05, 0) is 58.2 Å². The zero-order valence-corrected chi connectivity index (χ0v) is 24.8. The molecule has 3 aromatic rings. The van der Waals surface area contributed by atoms with Crippen LogP contribution in [-0.2, 0) is 10.0 Å². The number of nitrogens with zero attached hydrogens (tertiary/aromatic N) is 6. The molecule has 0 amide bonds. The minimum absolute atomic E-state index is 0.0894. The molecular weight excluding hydrogens is 534 g/mol. The lowest BCUT2D eigenvalue weighted by molar-refractivity contribution is 0.391. The highest BCUT2D eigenvalue weighted by molar-refractivity contribution is 7.93. The van der Waals surface area contributed by atoms with Crippen LogP contribution in [-0.4, -0.2) is 67.3 Å². The normalized spacial score (nSPS) is 13.2. The van der Waals surface area contributed by atoms with Gasteiger partial charge in [0, 0.05) is 18.2 Å². The Balaban J connectivity index is 2.21. The number of hydrogen-bond acceptors (Lipinski definition) is 9. The van der Waals surface area contributed by atoms with Gasteiger partial charge in [0.2, 0.25) is 21.9 Å². The maximum Gasteiger partial charge on any atom is 0.243 e. The molecule has 0 saturated heterocycles. The monoisotopic (exact) mass is 569 g/mol. The standard InChI is InChI=1S/C27H35N7O5S/c1-16(2)15-29-25(28-6)18(4)19(5)40(35,36)33-27-32-31-26(20-13-17(3)14-23(30-20)39-9)34(27)24-21(37-7)11-10-12-22(24)38-8/h10-15,18-19H,6H2,1-5,7-9H3,(H,32,33)/t18-,19-/m0/s1.